The van der Waals surface area contributed by atoms with Crippen LogP contribution in [0.4, 0.5) is 0 Å². The van der Waals surface area contributed by atoms with E-state index >= 15 is 0 Å². The summed E-state index contributed by atoms with van der Waals surface area (Å²) in [5.74, 6) is -0.0266. The first kappa shape index (κ1) is 18.0. The average molecular weight is 396 g/mol. The van der Waals surface area contributed by atoms with E-state index in [-0.39, 0.29) is 24.5 Å². The topological polar surface area (TPSA) is 41.1 Å². The fourth-order valence-corrected chi connectivity index (χ4v) is 2.63. The zero-order valence-corrected chi connectivity index (χ0v) is 15.5. The number of hydrogen-bond donors (Lipinski definition) is 2. The van der Waals surface area contributed by atoms with Crippen molar-refractivity contribution in [1.82, 2.24) is 10.6 Å². The minimum atomic E-state index is -0.0266. The van der Waals surface area contributed by atoms with Crippen LogP contribution in [0, 0.1) is 0 Å². The van der Waals surface area contributed by atoms with Gasteiger partial charge in [-0.05, 0) is 49.2 Å². The van der Waals surface area contributed by atoms with Crippen molar-refractivity contribution in [2.75, 3.05) is 6.54 Å². The van der Waals surface area contributed by atoms with Gasteiger partial charge >= 0.3 is 0 Å². The van der Waals surface area contributed by atoms with E-state index in [1.807, 2.05) is 62.4 Å². The summed E-state index contributed by atoms with van der Waals surface area (Å²) in [6.45, 7) is 4.27. The number of amides is 1. The molecule has 0 spiro atoms. The van der Waals surface area contributed by atoms with Gasteiger partial charge in [-0.2, -0.15) is 0 Å². The second-order valence-electron chi connectivity index (χ2n) is 5.49. The lowest BCUT2D eigenvalue weighted by molar-refractivity contribution is -0.121. The zero-order valence-electron chi connectivity index (χ0n) is 13.1. The molecule has 0 bridgehead atoms. The van der Waals surface area contributed by atoms with Crippen LogP contribution in [-0.2, 0) is 4.79 Å². The molecule has 3 nitrogen and oxygen atoms in total. The van der Waals surface area contributed by atoms with E-state index in [9.17, 15) is 4.79 Å². The SMILES string of the molecule is C[C@H](NCC(=O)N[C@H](C)c1ccc(Br)cc1)c1ccc(Cl)cc1. The zero-order chi connectivity index (χ0) is 16.8. The first-order valence-corrected chi connectivity index (χ1v) is 8.66. The highest BCUT2D eigenvalue weighted by molar-refractivity contribution is 9.10. The summed E-state index contributed by atoms with van der Waals surface area (Å²) in [6.07, 6.45) is 0. The van der Waals surface area contributed by atoms with E-state index in [1.54, 1.807) is 0 Å². The summed E-state index contributed by atoms with van der Waals surface area (Å²) < 4.78 is 1.03. The van der Waals surface area contributed by atoms with Crippen LogP contribution in [0.3, 0.4) is 0 Å². The van der Waals surface area contributed by atoms with Crippen molar-refractivity contribution < 1.29 is 4.79 Å². The van der Waals surface area contributed by atoms with E-state index in [0.29, 0.717) is 5.02 Å². The highest BCUT2D eigenvalue weighted by Gasteiger charge is 2.11. The van der Waals surface area contributed by atoms with Gasteiger partial charge in [0.25, 0.3) is 0 Å². The normalized spacial score (nSPS) is 13.4. The van der Waals surface area contributed by atoms with Gasteiger partial charge in [0.1, 0.15) is 0 Å². The summed E-state index contributed by atoms with van der Waals surface area (Å²) in [5, 5.41) is 6.93. The Bertz CT molecular complexity index is 643. The van der Waals surface area contributed by atoms with E-state index in [2.05, 4.69) is 26.6 Å². The van der Waals surface area contributed by atoms with Crippen LogP contribution in [0.1, 0.15) is 37.1 Å². The van der Waals surface area contributed by atoms with Crippen molar-refractivity contribution in [2.24, 2.45) is 0 Å². The Hall–Kier alpha value is -1.36. The van der Waals surface area contributed by atoms with Crippen LogP contribution in [0.15, 0.2) is 53.0 Å². The molecular weight excluding hydrogens is 376 g/mol. The van der Waals surface area contributed by atoms with Gasteiger partial charge in [-0.3, -0.25) is 4.79 Å². The van der Waals surface area contributed by atoms with Gasteiger partial charge in [-0.15, -0.1) is 0 Å². The maximum Gasteiger partial charge on any atom is 0.234 e. The molecule has 0 fully saturated rings. The monoisotopic (exact) mass is 394 g/mol. The van der Waals surface area contributed by atoms with E-state index < -0.39 is 0 Å². The second-order valence-corrected chi connectivity index (χ2v) is 6.85. The van der Waals surface area contributed by atoms with Crippen LogP contribution in [0.5, 0.6) is 0 Å². The van der Waals surface area contributed by atoms with Gasteiger partial charge < -0.3 is 10.6 Å². The minimum absolute atomic E-state index is 0.0248. The van der Waals surface area contributed by atoms with Gasteiger partial charge in [0.15, 0.2) is 0 Å². The third-order valence-electron chi connectivity index (χ3n) is 3.69. The Balaban J connectivity index is 1.82. The number of hydrogen-bond acceptors (Lipinski definition) is 2. The van der Waals surface area contributed by atoms with Gasteiger partial charge in [-0.25, -0.2) is 0 Å². The predicted octanol–water partition coefficient (Wildman–Crippen LogP) is 4.63. The van der Waals surface area contributed by atoms with E-state index in [4.69, 9.17) is 11.6 Å². The fraction of sp³-hybridized carbons (Fsp3) is 0.278. The third kappa shape index (κ3) is 5.65. The number of carbonyl (C=O) groups is 1. The fourth-order valence-electron chi connectivity index (χ4n) is 2.24. The van der Waals surface area contributed by atoms with Crippen LogP contribution in [0.2, 0.25) is 5.02 Å². The Morgan fingerprint density at radius 1 is 1.00 bits per heavy atom. The summed E-state index contributed by atoms with van der Waals surface area (Å²) in [6, 6.07) is 15.6. The molecule has 23 heavy (non-hydrogen) atoms. The molecule has 122 valence electrons. The Labute approximate surface area is 150 Å². The van der Waals surface area contributed by atoms with Gasteiger partial charge in [0.05, 0.1) is 12.6 Å². The number of halogens is 2. The molecule has 0 heterocycles. The van der Waals surface area contributed by atoms with Gasteiger partial charge in [0.2, 0.25) is 5.91 Å². The number of nitrogens with one attached hydrogen (secondary N) is 2. The predicted molar refractivity (Wildman–Crippen MR) is 98.6 cm³/mol. The lowest BCUT2D eigenvalue weighted by atomic mass is 10.1. The quantitative estimate of drug-likeness (QED) is 0.748. The van der Waals surface area contributed by atoms with E-state index in [1.165, 1.54) is 0 Å². The minimum Gasteiger partial charge on any atom is -0.348 e. The number of carbonyl (C=O) groups excluding carboxylic acids is 1. The summed E-state index contributed by atoms with van der Waals surface area (Å²) >= 11 is 9.29. The van der Waals surface area contributed by atoms with Crippen molar-refractivity contribution in [1.29, 1.82) is 0 Å². The third-order valence-corrected chi connectivity index (χ3v) is 4.47. The molecule has 0 aliphatic heterocycles. The van der Waals surface area contributed by atoms with Crippen molar-refractivity contribution >= 4 is 33.4 Å². The molecule has 0 radical (unpaired) electrons. The van der Waals surface area contributed by atoms with Crippen molar-refractivity contribution in [3.63, 3.8) is 0 Å². The Kier molecular flexibility index (Phi) is 6.63. The molecule has 0 aliphatic carbocycles. The van der Waals surface area contributed by atoms with Crippen LogP contribution in [-0.4, -0.2) is 12.5 Å². The summed E-state index contributed by atoms with van der Waals surface area (Å²) in [7, 11) is 0. The molecule has 2 aromatic carbocycles. The summed E-state index contributed by atoms with van der Waals surface area (Å²) in [4.78, 5) is 12.1. The maximum absolute atomic E-state index is 12.1. The van der Waals surface area contributed by atoms with Crippen LogP contribution >= 0.6 is 27.5 Å². The first-order chi connectivity index (χ1) is 11.0. The molecule has 0 saturated carbocycles. The molecule has 2 aromatic rings. The maximum atomic E-state index is 12.1. The molecule has 0 unspecified atom stereocenters. The molecule has 2 rings (SSSR count). The standard InChI is InChI=1S/C18H20BrClN2O/c1-12(14-5-9-17(20)10-6-14)21-11-18(23)22-13(2)15-3-7-16(19)8-4-15/h3-10,12-13,21H,11H2,1-2H3,(H,22,23)/t12-,13+/m0/s1. The smallest absolute Gasteiger partial charge is 0.234 e. The lowest BCUT2D eigenvalue weighted by Crippen LogP contribution is -2.36. The second kappa shape index (κ2) is 8.48. The van der Waals surface area contributed by atoms with Gasteiger partial charge in [0, 0.05) is 15.5 Å². The highest BCUT2D eigenvalue weighted by Crippen LogP contribution is 2.17. The molecule has 5 heteroatoms. The number of rotatable bonds is 6. The molecule has 1 amide bonds. The Morgan fingerprint density at radius 3 is 2.13 bits per heavy atom. The van der Waals surface area contributed by atoms with Crippen LogP contribution in [0.25, 0.3) is 0 Å². The molecule has 0 aromatic heterocycles. The average Bonchev–Trinajstić information content (AvgIpc) is 2.54. The molecule has 2 N–H and O–H groups in total. The van der Waals surface area contributed by atoms with Crippen molar-refractivity contribution in [2.45, 2.75) is 25.9 Å². The van der Waals surface area contributed by atoms with Crippen molar-refractivity contribution in [3.8, 4) is 0 Å². The van der Waals surface area contributed by atoms with E-state index in [0.717, 1.165) is 15.6 Å². The number of benzene rings is 2. The van der Waals surface area contributed by atoms with Gasteiger partial charge in [-0.1, -0.05) is 51.8 Å². The Morgan fingerprint density at radius 2 is 1.52 bits per heavy atom. The highest BCUT2D eigenvalue weighted by atomic mass is 79.9. The summed E-state index contributed by atoms with van der Waals surface area (Å²) in [5.41, 5.74) is 2.18. The van der Waals surface area contributed by atoms with Crippen molar-refractivity contribution in [3.05, 3.63) is 69.2 Å². The van der Waals surface area contributed by atoms with Crippen LogP contribution < -0.4 is 10.6 Å². The molecular formula is C18H20BrClN2O. The molecule has 0 saturated heterocycles. The molecule has 0 aliphatic rings. The first-order valence-electron chi connectivity index (χ1n) is 7.49. The largest absolute Gasteiger partial charge is 0.348 e. The molecule has 2 atom stereocenters. The lowest BCUT2D eigenvalue weighted by Gasteiger charge is -2.17.